The highest BCUT2D eigenvalue weighted by atomic mass is 15.5. The molecular weight excluding hydrogens is 288 g/mol. The SMILES string of the molecule is CN(C)c1ccc(-c2nnn(-c3ccccc3C#N)c2N)cc1. The Balaban J connectivity index is 2.04. The quantitative estimate of drug-likeness (QED) is 0.803. The van der Waals surface area contributed by atoms with E-state index >= 15 is 0 Å². The first-order valence-electron chi connectivity index (χ1n) is 7.10. The second-order valence-electron chi connectivity index (χ2n) is 5.31. The van der Waals surface area contributed by atoms with Crippen LogP contribution in [0.25, 0.3) is 16.9 Å². The van der Waals surface area contributed by atoms with Gasteiger partial charge in [-0.2, -0.15) is 9.94 Å². The number of nitrogens with two attached hydrogens (primary N) is 1. The summed E-state index contributed by atoms with van der Waals surface area (Å²) in [4.78, 5) is 2.02. The van der Waals surface area contributed by atoms with Gasteiger partial charge in [-0.3, -0.25) is 0 Å². The van der Waals surface area contributed by atoms with Gasteiger partial charge in [0.05, 0.1) is 11.3 Å². The van der Waals surface area contributed by atoms with Crippen molar-refractivity contribution < 1.29 is 0 Å². The summed E-state index contributed by atoms with van der Waals surface area (Å²) in [5.74, 6) is 0.408. The van der Waals surface area contributed by atoms with E-state index in [0.717, 1.165) is 11.3 Å². The number of nitriles is 1. The summed E-state index contributed by atoms with van der Waals surface area (Å²) in [5.41, 5.74) is 9.90. The molecule has 0 atom stereocenters. The fraction of sp³-hybridized carbons (Fsp3) is 0.118. The zero-order valence-electron chi connectivity index (χ0n) is 12.9. The number of benzene rings is 2. The molecule has 0 saturated carbocycles. The predicted molar refractivity (Wildman–Crippen MR) is 90.2 cm³/mol. The Morgan fingerprint density at radius 3 is 2.43 bits per heavy atom. The molecule has 0 aliphatic carbocycles. The number of rotatable bonds is 3. The molecule has 1 aromatic heterocycles. The van der Waals surface area contributed by atoms with Crippen LogP contribution in [0.3, 0.4) is 0 Å². The first-order chi connectivity index (χ1) is 11.1. The van der Waals surface area contributed by atoms with Crippen molar-refractivity contribution >= 4 is 11.5 Å². The van der Waals surface area contributed by atoms with Crippen molar-refractivity contribution in [3.63, 3.8) is 0 Å². The van der Waals surface area contributed by atoms with Crippen LogP contribution in [0.15, 0.2) is 48.5 Å². The predicted octanol–water partition coefficient (Wildman–Crippen LogP) is 2.45. The third-order valence-electron chi connectivity index (χ3n) is 3.61. The number of hydrogen-bond donors (Lipinski definition) is 1. The van der Waals surface area contributed by atoms with E-state index in [9.17, 15) is 5.26 Å². The van der Waals surface area contributed by atoms with E-state index in [4.69, 9.17) is 5.73 Å². The number of aromatic nitrogens is 3. The average Bonchev–Trinajstić information content (AvgIpc) is 2.96. The van der Waals surface area contributed by atoms with E-state index in [-0.39, 0.29) is 0 Å². The Kier molecular flexibility index (Phi) is 3.69. The van der Waals surface area contributed by atoms with Gasteiger partial charge >= 0.3 is 0 Å². The molecule has 0 spiro atoms. The lowest BCUT2D eigenvalue weighted by Crippen LogP contribution is -2.08. The van der Waals surface area contributed by atoms with Crippen molar-refractivity contribution in [2.45, 2.75) is 0 Å². The van der Waals surface area contributed by atoms with Crippen LogP contribution >= 0.6 is 0 Å². The molecule has 0 bridgehead atoms. The molecule has 0 aliphatic heterocycles. The lowest BCUT2D eigenvalue weighted by molar-refractivity contribution is 0.808. The van der Waals surface area contributed by atoms with Crippen LogP contribution < -0.4 is 10.6 Å². The molecule has 6 nitrogen and oxygen atoms in total. The summed E-state index contributed by atoms with van der Waals surface area (Å²) in [6.45, 7) is 0. The molecule has 0 aliphatic rings. The van der Waals surface area contributed by atoms with Crippen molar-refractivity contribution in [1.29, 1.82) is 5.26 Å². The van der Waals surface area contributed by atoms with Gasteiger partial charge < -0.3 is 10.6 Å². The molecule has 0 fully saturated rings. The number of nitrogen functional groups attached to an aromatic ring is 1. The number of anilines is 2. The van der Waals surface area contributed by atoms with Crippen LogP contribution in [-0.2, 0) is 0 Å². The van der Waals surface area contributed by atoms with E-state index < -0.39 is 0 Å². The molecule has 0 amide bonds. The molecule has 0 radical (unpaired) electrons. The van der Waals surface area contributed by atoms with Crippen LogP contribution in [0.5, 0.6) is 0 Å². The monoisotopic (exact) mass is 304 g/mol. The average molecular weight is 304 g/mol. The molecule has 0 saturated heterocycles. The van der Waals surface area contributed by atoms with Crippen molar-refractivity contribution in [2.75, 3.05) is 24.7 Å². The van der Waals surface area contributed by atoms with E-state index in [1.54, 1.807) is 18.2 Å². The maximum absolute atomic E-state index is 9.22. The fourth-order valence-electron chi connectivity index (χ4n) is 2.34. The van der Waals surface area contributed by atoms with Gasteiger partial charge in [-0.25, -0.2) is 0 Å². The molecule has 3 aromatic rings. The highest BCUT2D eigenvalue weighted by molar-refractivity contribution is 5.73. The second kappa shape index (κ2) is 5.81. The van der Waals surface area contributed by atoms with Gasteiger partial charge in [-0.05, 0) is 24.3 Å². The Morgan fingerprint density at radius 2 is 1.78 bits per heavy atom. The molecule has 2 N–H and O–H groups in total. The standard InChI is InChI=1S/C17H16N6/c1-22(2)14-9-7-12(8-10-14)16-17(19)23(21-20-16)15-6-4-3-5-13(15)11-18/h3-10H,19H2,1-2H3. The molecule has 3 rings (SSSR count). The van der Waals surface area contributed by atoms with E-state index in [2.05, 4.69) is 16.4 Å². The largest absolute Gasteiger partial charge is 0.382 e. The summed E-state index contributed by atoms with van der Waals surface area (Å²) >= 11 is 0. The highest BCUT2D eigenvalue weighted by Crippen LogP contribution is 2.27. The van der Waals surface area contributed by atoms with E-state index in [0.29, 0.717) is 22.8 Å². The minimum absolute atomic E-state index is 0.408. The molecule has 0 unspecified atom stereocenters. The molecule has 2 aromatic carbocycles. The van der Waals surface area contributed by atoms with Crippen LogP contribution in [0.2, 0.25) is 0 Å². The van der Waals surface area contributed by atoms with Crippen molar-refractivity contribution in [2.24, 2.45) is 0 Å². The van der Waals surface area contributed by atoms with Crippen LogP contribution in [0.4, 0.5) is 11.5 Å². The maximum atomic E-state index is 9.22. The lowest BCUT2D eigenvalue weighted by Gasteiger charge is -2.12. The normalized spacial score (nSPS) is 10.3. The zero-order chi connectivity index (χ0) is 16.4. The molecule has 23 heavy (non-hydrogen) atoms. The van der Waals surface area contributed by atoms with Gasteiger partial charge in [-0.1, -0.05) is 29.5 Å². The first-order valence-corrected chi connectivity index (χ1v) is 7.10. The van der Waals surface area contributed by atoms with Gasteiger partial charge in [0.1, 0.15) is 11.8 Å². The summed E-state index contributed by atoms with van der Waals surface area (Å²) in [6, 6.07) is 17.2. The van der Waals surface area contributed by atoms with E-state index in [1.807, 2.05) is 49.3 Å². The summed E-state index contributed by atoms with van der Waals surface area (Å²) in [6.07, 6.45) is 0. The van der Waals surface area contributed by atoms with Gasteiger partial charge in [0.25, 0.3) is 0 Å². The number of hydrogen-bond acceptors (Lipinski definition) is 5. The minimum atomic E-state index is 0.408. The van der Waals surface area contributed by atoms with E-state index in [1.165, 1.54) is 4.68 Å². The third-order valence-corrected chi connectivity index (χ3v) is 3.61. The first kappa shape index (κ1) is 14.6. The molecule has 6 heteroatoms. The van der Waals surface area contributed by atoms with Gasteiger partial charge in [0.2, 0.25) is 0 Å². The molecule has 1 heterocycles. The van der Waals surface area contributed by atoms with Crippen molar-refractivity contribution in [1.82, 2.24) is 15.0 Å². The summed E-state index contributed by atoms with van der Waals surface area (Å²) in [7, 11) is 3.97. The maximum Gasteiger partial charge on any atom is 0.155 e. The number of nitrogens with zero attached hydrogens (tertiary/aromatic N) is 5. The molecular formula is C17H16N6. The Bertz CT molecular complexity index is 871. The van der Waals surface area contributed by atoms with Crippen LogP contribution in [-0.4, -0.2) is 29.1 Å². The van der Waals surface area contributed by atoms with Gasteiger partial charge in [-0.15, -0.1) is 5.10 Å². The molecule has 114 valence electrons. The topological polar surface area (TPSA) is 83.8 Å². The second-order valence-corrected chi connectivity index (χ2v) is 5.31. The summed E-state index contributed by atoms with van der Waals surface area (Å²) < 4.78 is 1.49. The van der Waals surface area contributed by atoms with Crippen molar-refractivity contribution in [3.8, 4) is 23.0 Å². The fourth-order valence-corrected chi connectivity index (χ4v) is 2.34. The third kappa shape index (κ3) is 2.60. The Hall–Kier alpha value is -3.33. The Morgan fingerprint density at radius 1 is 1.09 bits per heavy atom. The van der Waals surface area contributed by atoms with Crippen LogP contribution in [0, 0.1) is 11.3 Å². The Labute approximate surface area is 134 Å². The lowest BCUT2D eigenvalue weighted by atomic mass is 10.1. The zero-order valence-corrected chi connectivity index (χ0v) is 12.9. The number of para-hydroxylation sites is 1. The minimum Gasteiger partial charge on any atom is -0.382 e. The highest BCUT2D eigenvalue weighted by Gasteiger charge is 2.15. The van der Waals surface area contributed by atoms with Crippen LogP contribution in [0.1, 0.15) is 5.56 Å². The van der Waals surface area contributed by atoms with Gasteiger partial charge in [0.15, 0.2) is 5.82 Å². The smallest absolute Gasteiger partial charge is 0.155 e. The summed E-state index contributed by atoms with van der Waals surface area (Å²) in [5, 5.41) is 17.5. The van der Waals surface area contributed by atoms with Gasteiger partial charge in [0, 0.05) is 25.3 Å². The van der Waals surface area contributed by atoms with Crippen molar-refractivity contribution in [3.05, 3.63) is 54.1 Å².